The molecule has 4 heterocycles. The van der Waals surface area contributed by atoms with Crippen LogP contribution < -0.4 is 5.32 Å². The standard InChI is InChI=1S/C6H14N2.C6H13N.C5H12N2.C5H11NO/c1-7-3-5-8(2)6-4-7;1-7-5-3-2-4-6-7;1-7-4-2-6-3-5-7;1-6-2-4-7-5-3-6/h3-6H2,1-2H3;2-6H2,1H3;6H,2-5H2,1H3;2-5H2,1H3. The molecule has 4 saturated heterocycles. The number of ether oxygens (including phenoxy) is 1. The van der Waals surface area contributed by atoms with Crippen LogP contribution >= 0.6 is 0 Å². The Labute approximate surface area is 181 Å². The van der Waals surface area contributed by atoms with Crippen molar-refractivity contribution >= 4 is 0 Å². The molecule has 0 aromatic rings. The number of piperazine rings is 2. The van der Waals surface area contributed by atoms with Gasteiger partial charge in [0.2, 0.25) is 0 Å². The Bertz CT molecular complexity index is 299. The third-order valence-corrected chi connectivity index (χ3v) is 5.88. The zero-order valence-electron chi connectivity index (χ0n) is 20.2. The second kappa shape index (κ2) is 17.4. The van der Waals surface area contributed by atoms with Gasteiger partial charge in [0, 0.05) is 65.4 Å². The van der Waals surface area contributed by atoms with Crippen LogP contribution in [0, 0.1) is 0 Å². The summed E-state index contributed by atoms with van der Waals surface area (Å²) in [5.41, 5.74) is 0. The van der Waals surface area contributed by atoms with Crippen molar-refractivity contribution in [2.24, 2.45) is 0 Å². The van der Waals surface area contributed by atoms with Crippen LogP contribution in [0.4, 0.5) is 0 Å². The summed E-state index contributed by atoms with van der Waals surface area (Å²) >= 11 is 0. The fourth-order valence-electron chi connectivity index (χ4n) is 3.39. The predicted octanol–water partition coefficient (Wildman–Crippen LogP) is 0.436. The van der Waals surface area contributed by atoms with E-state index in [9.17, 15) is 0 Å². The average molecular weight is 415 g/mol. The van der Waals surface area contributed by atoms with E-state index in [0.29, 0.717) is 0 Å². The van der Waals surface area contributed by atoms with Gasteiger partial charge in [0.25, 0.3) is 0 Å². The lowest BCUT2D eigenvalue weighted by Gasteiger charge is -2.28. The maximum Gasteiger partial charge on any atom is 0.0594 e. The predicted molar refractivity (Wildman–Crippen MR) is 125 cm³/mol. The highest BCUT2D eigenvalue weighted by atomic mass is 16.5. The van der Waals surface area contributed by atoms with Gasteiger partial charge in [-0.2, -0.15) is 0 Å². The van der Waals surface area contributed by atoms with E-state index in [1.807, 2.05) is 0 Å². The number of likely N-dealkylation sites (N-methyl/N-ethyl adjacent to an activating group) is 4. The largest absolute Gasteiger partial charge is 0.379 e. The smallest absolute Gasteiger partial charge is 0.0594 e. The molecule has 0 atom stereocenters. The molecule has 0 aliphatic carbocycles. The fourth-order valence-corrected chi connectivity index (χ4v) is 3.39. The molecular weight excluding hydrogens is 364 g/mol. The highest BCUT2D eigenvalue weighted by Crippen LogP contribution is 2.04. The van der Waals surface area contributed by atoms with Crippen molar-refractivity contribution in [1.82, 2.24) is 29.8 Å². The van der Waals surface area contributed by atoms with E-state index in [0.717, 1.165) is 39.4 Å². The maximum atomic E-state index is 5.10. The first-order valence-corrected chi connectivity index (χ1v) is 11.7. The Hall–Kier alpha value is -0.280. The Morgan fingerprint density at radius 3 is 1.10 bits per heavy atom. The van der Waals surface area contributed by atoms with Crippen LogP contribution in [0.25, 0.3) is 0 Å². The molecule has 4 fully saturated rings. The molecule has 0 aromatic heterocycles. The SMILES string of the molecule is CN1CCCCC1.CN1CCN(C)CC1.CN1CCNCC1.CN1CCOCC1. The Balaban J connectivity index is 0.000000194. The van der Waals surface area contributed by atoms with Crippen LogP contribution in [0.15, 0.2) is 0 Å². The Kier molecular flexibility index (Phi) is 16.1. The zero-order valence-corrected chi connectivity index (χ0v) is 20.2. The van der Waals surface area contributed by atoms with E-state index in [1.165, 1.54) is 71.6 Å². The minimum Gasteiger partial charge on any atom is -0.379 e. The molecule has 0 spiro atoms. The van der Waals surface area contributed by atoms with Crippen molar-refractivity contribution < 1.29 is 4.74 Å². The molecule has 7 nitrogen and oxygen atoms in total. The number of hydrogen-bond donors (Lipinski definition) is 1. The van der Waals surface area contributed by atoms with E-state index in [-0.39, 0.29) is 0 Å². The molecule has 0 aromatic carbocycles. The van der Waals surface area contributed by atoms with Crippen LogP contribution in [0.1, 0.15) is 19.3 Å². The number of likely N-dealkylation sites (tertiary alicyclic amines) is 1. The Morgan fingerprint density at radius 1 is 0.448 bits per heavy atom. The van der Waals surface area contributed by atoms with Gasteiger partial charge in [-0.05, 0) is 61.2 Å². The Morgan fingerprint density at radius 2 is 0.828 bits per heavy atom. The minimum atomic E-state index is 0.913. The zero-order chi connectivity index (χ0) is 21.3. The van der Waals surface area contributed by atoms with Gasteiger partial charge < -0.3 is 34.6 Å². The van der Waals surface area contributed by atoms with Gasteiger partial charge in [-0.1, -0.05) is 6.42 Å². The lowest BCUT2D eigenvalue weighted by atomic mass is 10.1. The first kappa shape index (κ1) is 26.8. The van der Waals surface area contributed by atoms with E-state index in [1.54, 1.807) is 0 Å². The second-order valence-corrected chi connectivity index (χ2v) is 8.94. The van der Waals surface area contributed by atoms with Crippen LogP contribution in [0.3, 0.4) is 0 Å². The molecule has 4 aliphatic rings. The molecule has 0 saturated carbocycles. The highest BCUT2D eigenvalue weighted by Gasteiger charge is 2.08. The third-order valence-electron chi connectivity index (χ3n) is 5.88. The van der Waals surface area contributed by atoms with Crippen LogP contribution in [0.5, 0.6) is 0 Å². The summed E-state index contributed by atoms with van der Waals surface area (Å²) in [7, 11) is 10.8. The van der Waals surface area contributed by atoms with Crippen molar-refractivity contribution in [1.29, 1.82) is 0 Å². The van der Waals surface area contributed by atoms with Crippen LogP contribution in [-0.4, -0.2) is 151 Å². The number of nitrogens with zero attached hydrogens (tertiary/aromatic N) is 5. The molecule has 7 heteroatoms. The summed E-state index contributed by atoms with van der Waals surface area (Å²) < 4.78 is 5.10. The number of morpholine rings is 1. The van der Waals surface area contributed by atoms with Crippen molar-refractivity contribution in [2.75, 3.05) is 127 Å². The lowest BCUT2D eigenvalue weighted by Crippen LogP contribution is -2.42. The summed E-state index contributed by atoms with van der Waals surface area (Å²) in [4.78, 5) is 11.7. The molecular formula is C22H50N6O. The third kappa shape index (κ3) is 16.1. The summed E-state index contributed by atoms with van der Waals surface area (Å²) in [5.74, 6) is 0. The monoisotopic (exact) mass is 414 g/mol. The summed E-state index contributed by atoms with van der Waals surface area (Å²) in [5, 5.41) is 3.27. The van der Waals surface area contributed by atoms with Crippen molar-refractivity contribution in [3.05, 3.63) is 0 Å². The normalized spacial score (nSPS) is 25.6. The van der Waals surface area contributed by atoms with E-state index in [2.05, 4.69) is 65.1 Å². The van der Waals surface area contributed by atoms with Gasteiger partial charge in [0.05, 0.1) is 13.2 Å². The van der Waals surface area contributed by atoms with Gasteiger partial charge in [-0.25, -0.2) is 0 Å². The fraction of sp³-hybridized carbons (Fsp3) is 1.00. The molecule has 174 valence electrons. The summed E-state index contributed by atoms with van der Waals surface area (Å²) in [6.45, 7) is 16.3. The number of hydrogen-bond acceptors (Lipinski definition) is 7. The number of nitrogens with one attached hydrogen (secondary N) is 1. The van der Waals surface area contributed by atoms with Gasteiger partial charge in [0.15, 0.2) is 0 Å². The molecule has 0 amide bonds. The van der Waals surface area contributed by atoms with Crippen molar-refractivity contribution in [2.45, 2.75) is 19.3 Å². The molecule has 1 N–H and O–H groups in total. The molecule has 4 aliphatic heterocycles. The molecule has 0 bridgehead atoms. The van der Waals surface area contributed by atoms with Crippen molar-refractivity contribution in [3.63, 3.8) is 0 Å². The van der Waals surface area contributed by atoms with Gasteiger partial charge in [0.1, 0.15) is 0 Å². The van der Waals surface area contributed by atoms with E-state index in [4.69, 9.17) is 4.74 Å². The topological polar surface area (TPSA) is 37.5 Å². The molecule has 0 unspecified atom stereocenters. The quantitative estimate of drug-likeness (QED) is 0.616. The van der Waals surface area contributed by atoms with E-state index >= 15 is 0 Å². The highest BCUT2D eigenvalue weighted by molar-refractivity contribution is 4.64. The lowest BCUT2D eigenvalue weighted by molar-refractivity contribution is 0.0503. The molecule has 29 heavy (non-hydrogen) atoms. The number of piperidine rings is 1. The van der Waals surface area contributed by atoms with Crippen LogP contribution in [0.2, 0.25) is 0 Å². The minimum absolute atomic E-state index is 0.913. The van der Waals surface area contributed by atoms with Gasteiger partial charge >= 0.3 is 0 Å². The summed E-state index contributed by atoms with van der Waals surface area (Å²) in [6.07, 6.45) is 4.28. The molecule has 0 radical (unpaired) electrons. The number of rotatable bonds is 0. The van der Waals surface area contributed by atoms with Crippen molar-refractivity contribution in [3.8, 4) is 0 Å². The average Bonchev–Trinajstić information content (AvgIpc) is 2.73. The van der Waals surface area contributed by atoms with Gasteiger partial charge in [-0.15, -0.1) is 0 Å². The summed E-state index contributed by atoms with van der Waals surface area (Å²) in [6, 6.07) is 0. The van der Waals surface area contributed by atoms with Crippen LogP contribution in [-0.2, 0) is 4.74 Å². The van der Waals surface area contributed by atoms with E-state index < -0.39 is 0 Å². The first-order chi connectivity index (χ1) is 14.0. The first-order valence-electron chi connectivity index (χ1n) is 11.7. The second-order valence-electron chi connectivity index (χ2n) is 8.94. The molecule has 4 rings (SSSR count). The maximum absolute atomic E-state index is 5.10. The van der Waals surface area contributed by atoms with Gasteiger partial charge in [-0.3, -0.25) is 0 Å².